The van der Waals surface area contributed by atoms with E-state index in [0.717, 1.165) is 23.0 Å². The highest BCUT2D eigenvalue weighted by molar-refractivity contribution is 5.96. The normalized spacial score (nSPS) is 20.7. The predicted octanol–water partition coefficient (Wildman–Crippen LogP) is 2.08. The quantitative estimate of drug-likeness (QED) is 0.778. The molecule has 1 amide bonds. The number of hydrogen-bond acceptors (Lipinski definition) is 5. The number of aryl methyl sites for hydroxylation is 2. The van der Waals surface area contributed by atoms with Gasteiger partial charge in [-0.05, 0) is 31.4 Å². The fourth-order valence-electron chi connectivity index (χ4n) is 3.66. The molecule has 0 saturated carbocycles. The molecule has 3 heterocycles. The van der Waals surface area contributed by atoms with Crippen molar-refractivity contribution in [3.63, 3.8) is 0 Å². The highest BCUT2D eigenvalue weighted by atomic mass is 16.3. The topological polar surface area (TPSA) is 84.4 Å². The Morgan fingerprint density at radius 3 is 3.00 bits per heavy atom. The van der Waals surface area contributed by atoms with Crippen molar-refractivity contribution in [2.45, 2.75) is 31.8 Å². The van der Waals surface area contributed by atoms with E-state index in [0.29, 0.717) is 31.0 Å². The zero-order chi connectivity index (χ0) is 18.3. The number of β-amino-alcohol motifs (C(OH)–C–C–N with tert-alkyl or cyclic N) is 1. The molecule has 1 aromatic carbocycles. The third-order valence-corrected chi connectivity index (χ3v) is 5.09. The first kappa shape index (κ1) is 16.8. The predicted molar refractivity (Wildman–Crippen MR) is 95.7 cm³/mol. The molecule has 0 spiro atoms. The molecule has 0 bridgehead atoms. The number of amides is 1. The second-order valence-electron chi connectivity index (χ2n) is 7.19. The summed E-state index contributed by atoms with van der Waals surface area (Å²) in [5, 5.41) is 19.8. The minimum absolute atomic E-state index is 0.184. The fourth-order valence-corrected chi connectivity index (χ4v) is 3.66. The number of aromatic nitrogens is 3. The van der Waals surface area contributed by atoms with Gasteiger partial charge in [-0.25, -0.2) is 0 Å². The molecule has 1 atom stereocenters. The maximum atomic E-state index is 12.9. The lowest BCUT2D eigenvalue weighted by Crippen LogP contribution is -2.51. The lowest BCUT2D eigenvalue weighted by molar-refractivity contribution is -0.0265. The molecule has 1 N–H and O–H groups in total. The van der Waals surface area contributed by atoms with Gasteiger partial charge in [-0.2, -0.15) is 0 Å². The first-order valence-corrected chi connectivity index (χ1v) is 8.79. The van der Waals surface area contributed by atoms with Crippen LogP contribution in [0.15, 0.2) is 35.0 Å². The van der Waals surface area contributed by atoms with Crippen molar-refractivity contribution in [2.24, 2.45) is 7.05 Å². The minimum atomic E-state index is -1.00. The van der Waals surface area contributed by atoms with Crippen LogP contribution in [0.5, 0.6) is 0 Å². The third kappa shape index (κ3) is 2.99. The number of piperidine rings is 1. The standard InChI is InChI=1S/C19H22N4O3/c1-13-5-3-6-14-9-15(26-17(13)14)18(24)23-8-4-7-19(25,11-23)10-16-21-20-12-22(16)2/h3,5-6,9,12,25H,4,7-8,10-11H2,1-2H3. The number of furan rings is 1. The van der Waals surface area contributed by atoms with Gasteiger partial charge in [0, 0.05) is 25.4 Å². The van der Waals surface area contributed by atoms with E-state index >= 15 is 0 Å². The van der Waals surface area contributed by atoms with Crippen LogP contribution in [-0.4, -0.2) is 49.4 Å². The smallest absolute Gasteiger partial charge is 0.289 e. The molecule has 2 aromatic heterocycles. The van der Waals surface area contributed by atoms with Gasteiger partial charge in [0.1, 0.15) is 17.7 Å². The van der Waals surface area contributed by atoms with Gasteiger partial charge in [-0.1, -0.05) is 18.2 Å². The van der Waals surface area contributed by atoms with Crippen LogP contribution < -0.4 is 0 Å². The Balaban J connectivity index is 1.55. The number of benzene rings is 1. The van der Waals surface area contributed by atoms with E-state index in [1.165, 1.54) is 0 Å². The van der Waals surface area contributed by atoms with Crippen LogP contribution in [0.3, 0.4) is 0 Å². The monoisotopic (exact) mass is 354 g/mol. The van der Waals surface area contributed by atoms with Crippen molar-refractivity contribution >= 4 is 16.9 Å². The number of rotatable bonds is 3. The fraction of sp³-hybridized carbons (Fsp3) is 0.421. The van der Waals surface area contributed by atoms with Gasteiger partial charge in [0.25, 0.3) is 5.91 Å². The summed E-state index contributed by atoms with van der Waals surface area (Å²) in [5.41, 5.74) is 0.734. The Labute approximate surface area is 151 Å². The summed E-state index contributed by atoms with van der Waals surface area (Å²) in [6.45, 7) is 2.82. The summed E-state index contributed by atoms with van der Waals surface area (Å²) < 4.78 is 7.60. The summed E-state index contributed by atoms with van der Waals surface area (Å²) in [7, 11) is 1.85. The molecular formula is C19H22N4O3. The van der Waals surface area contributed by atoms with Crippen LogP contribution >= 0.6 is 0 Å². The van der Waals surface area contributed by atoms with E-state index < -0.39 is 5.60 Å². The average molecular weight is 354 g/mol. The summed E-state index contributed by atoms with van der Waals surface area (Å²) in [6.07, 6.45) is 3.34. The lowest BCUT2D eigenvalue weighted by Gasteiger charge is -2.38. The Morgan fingerprint density at radius 1 is 1.42 bits per heavy atom. The van der Waals surface area contributed by atoms with Crippen LogP contribution in [0.4, 0.5) is 0 Å². The number of para-hydroxylation sites is 1. The van der Waals surface area contributed by atoms with Crippen LogP contribution in [0.2, 0.25) is 0 Å². The summed E-state index contributed by atoms with van der Waals surface area (Å²) in [4.78, 5) is 14.6. The van der Waals surface area contributed by atoms with E-state index in [1.807, 2.05) is 32.2 Å². The maximum absolute atomic E-state index is 12.9. The molecule has 1 aliphatic heterocycles. The number of fused-ring (bicyclic) bond motifs is 1. The highest BCUT2D eigenvalue weighted by Gasteiger charge is 2.37. The van der Waals surface area contributed by atoms with E-state index in [4.69, 9.17) is 4.42 Å². The summed E-state index contributed by atoms with van der Waals surface area (Å²) >= 11 is 0. The molecule has 1 aliphatic rings. The Bertz CT molecular complexity index is 961. The molecule has 0 aliphatic carbocycles. The second-order valence-corrected chi connectivity index (χ2v) is 7.19. The molecule has 1 saturated heterocycles. The number of likely N-dealkylation sites (tertiary alicyclic amines) is 1. The van der Waals surface area contributed by atoms with Gasteiger partial charge in [-0.3, -0.25) is 4.79 Å². The minimum Gasteiger partial charge on any atom is -0.451 e. The molecule has 7 heteroatoms. The number of hydrogen-bond donors (Lipinski definition) is 1. The van der Waals surface area contributed by atoms with Crippen molar-refractivity contribution in [1.82, 2.24) is 19.7 Å². The van der Waals surface area contributed by atoms with Crippen LogP contribution in [0, 0.1) is 6.92 Å². The van der Waals surface area contributed by atoms with Gasteiger partial charge in [0.15, 0.2) is 5.76 Å². The second kappa shape index (κ2) is 6.25. The van der Waals surface area contributed by atoms with E-state index in [1.54, 1.807) is 21.9 Å². The van der Waals surface area contributed by atoms with Crippen molar-refractivity contribution < 1.29 is 14.3 Å². The molecule has 1 fully saturated rings. The van der Waals surface area contributed by atoms with Gasteiger partial charge in [-0.15, -0.1) is 10.2 Å². The van der Waals surface area contributed by atoms with Gasteiger partial charge < -0.3 is 19.0 Å². The SMILES string of the molecule is Cc1cccc2cc(C(=O)N3CCCC(O)(Cc4nncn4C)C3)oc12. The Morgan fingerprint density at radius 2 is 2.27 bits per heavy atom. The molecule has 3 aromatic rings. The lowest BCUT2D eigenvalue weighted by atomic mass is 9.89. The van der Waals surface area contributed by atoms with Crippen LogP contribution in [0.25, 0.3) is 11.0 Å². The molecule has 136 valence electrons. The number of aliphatic hydroxyl groups is 1. The molecule has 4 rings (SSSR count). The number of carbonyl (C=O) groups excluding carboxylic acids is 1. The number of carbonyl (C=O) groups is 1. The van der Waals surface area contributed by atoms with Crippen molar-refractivity contribution in [3.05, 3.63) is 47.7 Å². The van der Waals surface area contributed by atoms with Gasteiger partial charge in [0.05, 0.1) is 12.1 Å². The molecular weight excluding hydrogens is 332 g/mol. The Kier molecular flexibility index (Phi) is 4.03. The van der Waals surface area contributed by atoms with Crippen LogP contribution in [0.1, 0.15) is 34.8 Å². The van der Waals surface area contributed by atoms with Crippen molar-refractivity contribution in [1.29, 1.82) is 0 Å². The van der Waals surface area contributed by atoms with Gasteiger partial charge >= 0.3 is 0 Å². The summed E-state index contributed by atoms with van der Waals surface area (Å²) in [6, 6.07) is 7.62. The van der Waals surface area contributed by atoms with Gasteiger partial charge in [0.2, 0.25) is 0 Å². The molecule has 7 nitrogen and oxygen atoms in total. The van der Waals surface area contributed by atoms with Crippen LogP contribution in [-0.2, 0) is 13.5 Å². The van der Waals surface area contributed by atoms with Crippen molar-refractivity contribution in [3.8, 4) is 0 Å². The Hall–Kier alpha value is -2.67. The average Bonchev–Trinajstić information content (AvgIpc) is 3.21. The molecule has 26 heavy (non-hydrogen) atoms. The first-order chi connectivity index (χ1) is 12.5. The zero-order valence-corrected chi connectivity index (χ0v) is 15.0. The molecule has 1 unspecified atom stereocenters. The van der Waals surface area contributed by atoms with E-state index in [-0.39, 0.29) is 12.5 Å². The molecule has 0 radical (unpaired) electrons. The zero-order valence-electron chi connectivity index (χ0n) is 15.0. The summed E-state index contributed by atoms with van der Waals surface area (Å²) in [5.74, 6) is 0.843. The maximum Gasteiger partial charge on any atom is 0.289 e. The highest BCUT2D eigenvalue weighted by Crippen LogP contribution is 2.28. The van der Waals surface area contributed by atoms with E-state index in [2.05, 4.69) is 10.2 Å². The van der Waals surface area contributed by atoms with Crippen molar-refractivity contribution in [2.75, 3.05) is 13.1 Å². The number of nitrogens with zero attached hydrogens (tertiary/aromatic N) is 4. The first-order valence-electron chi connectivity index (χ1n) is 8.79. The largest absolute Gasteiger partial charge is 0.451 e. The third-order valence-electron chi connectivity index (χ3n) is 5.09. The van der Waals surface area contributed by atoms with E-state index in [9.17, 15) is 9.90 Å².